The predicted octanol–water partition coefficient (Wildman–Crippen LogP) is 3.71. The first kappa shape index (κ1) is 15.4. The highest BCUT2D eigenvalue weighted by Crippen LogP contribution is 2.44. The molecule has 1 aliphatic heterocycles. The van der Waals surface area contributed by atoms with E-state index >= 15 is 0 Å². The van der Waals surface area contributed by atoms with Crippen molar-refractivity contribution in [2.75, 3.05) is 13.2 Å². The van der Waals surface area contributed by atoms with E-state index in [-0.39, 0.29) is 5.60 Å². The summed E-state index contributed by atoms with van der Waals surface area (Å²) in [7, 11) is 0. The SMILES string of the molecule is CCCNC(c1cnns1)C1CCOC2(CCCCC2)C1. The first-order chi connectivity index (χ1) is 10.3. The second-order valence-corrected chi connectivity index (χ2v) is 7.41. The second-order valence-electron chi connectivity index (χ2n) is 6.60. The lowest BCUT2D eigenvalue weighted by Gasteiger charge is -2.45. The molecule has 2 heterocycles. The molecule has 2 aliphatic rings. The van der Waals surface area contributed by atoms with E-state index in [0.29, 0.717) is 12.0 Å². The molecule has 1 aliphatic carbocycles. The number of hydrogen-bond acceptors (Lipinski definition) is 5. The molecule has 1 aromatic rings. The van der Waals surface area contributed by atoms with E-state index in [1.807, 2.05) is 6.20 Å². The van der Waals surface area contributed by atoms with Crippen LogP contribution >= 0.6 is 11.5 Å². The van der Waals surface area contributed by atoms with Gasteiger partial charge in [-0.25, -0.2) is 0 Å². The maximum Gasteiger partial charge on any atom is 0.0686 e. The van der Waals surface area contributed by atoms with Crippen molar-refractivity contribution < 1.29 is 4.74 Å². The number of nitrogens with zero attached hydrogens (tertiary/aromatic N) is 2. The Morgan fingerprint density at radius 2 is 2.29 bits per heavy atom. The van der Waals surface area contributed by atoms with Gasteiger partial charge in [-0.1, -0.05) is 30.7 Å². The van der Waals surface area contributed by atoms with Crippen LogP contribution in [-0.4, -0.2) is 28.3 Å². The number of rotatable bonds is 5. The fraction of sp³-hybridized carbons (Fsp3) is 0.875. The van der Waals surface area contributed by atoms with Crippen LogP contribution in [0.1, 0.15) is 69.2 Å². The number of nitrogens with one attached hydrogen (secondary N) is 1. The maximum atomic E-state index is 6.25. The Morgan fingerprint density at radius 1 is 1.43 bits per heavy atom. The van der Waals surface area contributed by atoms with Crippen LogP contribution in [0.25, 0.3) is 0 Å². The van der Waals surface area contributed by atoms with Gasteiger partial charge in [-0.2, -0.15) is 0 Å². The monoisotopic (exact) mass is 309 g/mol. The lowest BCUT2D eigenvalue weighted by atomic mass is 9.74. The van der Waals surface area contributed by atoms with Crippen LogP contribution in [0.4, 0.5) is 0 Å². The summed E-state index contributed by atoms with van der Waals surface area (Å²) in [6.07, 6.45) is 12.0. The van der Waals surface area contributed by atoms with Crippen molar-refractivity contribution in [3.63, 3.8) is 0 Å². The number of hydrogen-bond donors (Lipinski definition) is 1. The molecule has 0 bridgehead atoms. The molecule has 2 unspecified atom stereocenters. The van der Waals surface area contributed by atoms with E-state index in [2.05, 4.69) is 21.8 Å². The van der Waals surface area contributed by atoms with Gasteiger partial charge >= 0.3 is 0 Å². The zero-order valence-electron chi connectivity index (χ0n) is 13.0. The van der Waals surface area contributed by atoms with Gasteiger partial charge in [-0.05, 0) is 56.1 Å². The Morgan fingerprint density at radius 3 is 3.00 bits per heavy atom. The average Bonchev–Trinajstić information content (AvgIpc) is 3.03. The summed E-state index contributed by atoms with van der Waals surface area (Å²) in [6, 6.07) is 0.410. The highest BCUT2D eigenvalue weighted by molar-refractivity contribution is 7.05. The molecule has 0 aromatic carbocycles. The normalized spacial score (nSPS) is 26.8. The molecule has 0 amide bonds. The Hall–Kier alpha value is -0.520. The van der Waals surface area contributed by atoms with Gasteiger partial charge in [0.15, 0.2) is 0 Å². The van der Waals surface area contributed by atoms with Crippen LogP contribution < -0.4 is 5.32 Å². The molecular weight excluding hydrogens is 282 g/mol. The van der Waals surface area contributed by atoms with Gasteiger partial charge in [0, 0.05) is 12.6 Å². The molecule has 118 valence electrons. The Kier molecular flexibility index (Phi) is 5.24. The van der Waals surface area contributed by atoms with Crippen LogP contribution in [0.3, 0.4) is 0 Å². The summed E-state index contributed by atoms with van der Waals surface area (Å²) in [5.74, 6) is 0.658. The van der Waals surface area contributed by atoms with Crippen LogP contribution in [-0.2, 0) is 4.74 Å². The van der Waals surface area contributed by atoms with Gasteiger partial charge in [-0.15, -0.1) is 5.10 Å². The molecule has 5 heteroatoms. The van der Waals surface area contributed by atoms with Gasteiger partial charge in [0.05, 0.1) is 16.7 Å². The minimum atomic E-state index is 0.172. The predicted molar refractivity (Wildman–Crippen MR) is 85.4 cm³/mol. The summed E-state index contributed by atoms with van der Waals surface area (Å²) < 4.78 is 10.3. The molecule has 21 heavy (non-hydrogen) atoms. The fourth-order valence-electron chi connectivity index (χ4n) is 4.01. The van der Waals surface area contributed by atoms with E-state index in [9.17, 15) is 0 Å². The summed E-state index contributed by atoms with van der Waals surface area (Å²) in [5.41, 5.74) is 0.172. The Balaban J connectivity index is 1.72. The zero-order chi connectivity index (χ0) is 14.5. The molecule has 1 saturated carbocycles. The Labute approximate surface area is 131 Å². The molecule has 1 spiro atoms. The van der Waals surface area contributed by atoms with Gasteiger partial charge in [0.2, 0.25) is 0 Å². The third-order valence-electron chi connectivity index (χ3n) is 5.07. The molecule has 1 N–H and O–H groups in total. The number of aromatic nitrogens is 2. The summed E-state index contributed by atoms with van der Waals surface area (Å²) in [4.78, 5) is 1.29. The van der Waals surface area contributed by atoms with E-state index in [1.54, 1.807) is 11.5 Å². The molecule has 3 rings (SSSR count). The molecule has 2 atom stereocenters. The van der Waals surface area contributed by atoms with E-state index in [0.717, 1.165) is 26.0 Å². The van der Waals surface area contributed by atoms with Crippen LogP contribution in [0.15, 0.2) is 6.20 Å². The minimum Gasteiger partial charge on any atom is -0.375 e. The van der Waals surface area contributed by atoms with Gasteiger partial charge in [0.25, 0.3) is 0 Å². The zero-order valence-corrected chi connectivity index (χ0v) is 13.8. The van der Waals surface area contributed by atoms with Crippen molar-refractivity contribution in [3.8, 4) is 0 Å². The molecule has 1 saturated heterocycles. The lowest BCUT2D eigenvalue weighted by Crippen LogP contribution is -2.44. The molecule has 1 aromatic heterocycles. The first-order valence-corrected chi connectivity index (χ1v) is 9.25. The third kappa shape index (κ3) is 3.63. The van der Waals surface area contributed by atoms with Crippen LogP contribution in [0.5, 0.6) is 0 Å². The van der Waals surface area contributed by atoms with Crippen LogP contribution in [0.2, 0.25) is 0 Å². The second kappa shape index (κ2) is 7.16. The van der Waals surface area contributed by atoms with Crippen molar-refractivity contribution in [1.82, 2.24) is 14.9 Å². The van der Waals surface area contributed by atoms with Crippen molar-refractivity contribution in [3.05, 3.63) is 11.1 Å². The average molecular weight is 309 g/mol. The van der Waals surface area contributed by atoms with E-state index < -0.39 is 0 Å². The first-order valence-electron chi connectivity index (χ1n) is 8.47. The van der Waals surface area contributed by atoms with Crippen LogP contribution in [0, 0.1) is 5.92 Å². The lowest BCUT2D eigenvalue weighted by molar-refractivity contribution is -0.122. The Bertz CT molecular complexity index is 412. The minimum absolute atomic E-state index is 0.172. The smallest absolute Gasteiger partial charge is 0.0686 e. The summed E-state index contributed by atoms with van der Waals surface area (Å²) >= 11 is 1.55. The standard InChI is InChI=1S/C16H27N3OS/c1-2-9-17-15(14-12-18-19-21-14)13-6-10-20-16(11-13)7-4-3-5-8-16/h12-13,15,17H,2-11H2,1H3. The van der Waals surface area contributed by atoms with Crippen molar-refractivity contribution in [2.45, 2.75) is 69.9 Å². The van der Waals surface area contributed by atoms with E-state index in [4.69, 9.17) is 4.74 Å². The fourth-order valence-corrected chi connectivity index (χ4v) is 4.68. The highest BCUT2D eigenvalue weighted by Gasteiger charge is 2.41. The van der Waals surface area contributed by atoms with E-state index in [1.165, 1.54) is 43.4 Å². The van der Waals surface area contributed by atoms with Gasteiger partial charge in [0.1, 0.15) is 0 Å². The topological polar surface area (TPSA) is 47.0 Å². The summed E-state index contributed by atoms with van der Waals surface area (Å²) in [6.45, 7) is 4.20. The highest BCUT2D eigenvalue weighted by atomic mass is 32.1. The summed E-state index contributed by atoms with van der Waals surface area (Å²) in [5, 5.41) is 7.79. The van der Waals surface area contributed by atoms with Crippen molar-refractivity contribution in [1.29, 1.82) is 0 Å². The quantitative estimate of drug-likeness (QED) is 0.900. The van der Waals surface area contributed by atoms with Gasteiger partial charge < -0.3 is 10.1 Å². The molecule has 4 nitrogen and oxygen atoms in total. The van der Waals surface area contributed by atoms with Crippen molar-refractivity contribution in [2.24, 2.45) is 5.92 Å². The molecule has 2 fully saturated rings. The van der Waals surface area contributed by atoms with Crippen molar-refractivity contribution >= 4 is 11.5 Å². The molecule has 0 radical (unpaired) electrons. The third-order valence-corrected chi connectivity index (χ3v) is 5.81. The largest absolute Gasteiger partial charge is 0.375 e. The van der Waals surface area contributed by atoms with Gasteiger partial charge in [-0.3, -0.25) is 0 Å². The number of ether oxygens (including phenoxy) is 1. The maximum absolute atomic E-state index is 6.25. The molecular formula is C16H27N3OS.